The van der Waals surface area contributed by atoms with Gasteiger partial charge in [0.25, 0.3) is 0 Å². The highest BCUT2D eigenvalue weighted by Gasteiger charge is 2.51. The molecule has 3 heteroatoms. The van der Waals surface area contributed by atoms with Gasteiger partial charge in [-0.05, 0) is 57.3 Å². The van der Waals surface area contributed by atoms with Crippen molar-refractivity contribution in [3.63, 3.8) is 0 Å². The molecule has 0 saturated carbocycles. The molecule has 1 aromatic heterocycles. The minimum absolute atomic E-state index is 0.550. The number of fused-ring (bicyclic) bond motifs is 10. The minimum atomic E-state index is -0.550. The van der Waals surface area contributed by atoms with Gasteiger partial charge in [-0.1, -0.05) is 146 Å². The maximum absolute atomic E-state index is 6.95. The van der Waals surface area contributed by atoms with Crippen molar-refractivity contribution in [2.45, 2.75) is 5.41 Å². The first-order chi connectivity index (χ1) is 23.8. The third-order valence-corrected chi connectivity index (χ3v) is 9.96. The van der Waals surface area contributed by atoms with Gasteiger partial charge in [-0.3, -0.25) is 0 Å². The van der Waals surface area contributed by atoms with Gasteiger partial charge in [0.05, 0.1) is 22.4 Å². The van der Waals surface area contributed by atoms with Crippen LogP contribution in [-0.4, -0.2) is 9.97 Å². The number of nitrogens with zero attached hydrogens (tertiary/aromatic N) is 2. The molecule has 8 aromatic rings. The van der Waals surface area contributed by atoms with Crippen molar-refractivity contribution in [2.75, 3.05) is 0 Å². The lowest BCUT2D eigenvalue weighted by Gasteiger charge is -2.39. The molecule has 1 aliphatic heterocycles. The van der Waals surface area contributed by atoms with Crippen LogP contribution in [0.4, 0.5) is 0 Å². The number of ether oxygens (including phenoxy) is 1. The second kappa shape index (κ2) is 10.3. The maximum atomic E-state index is 6.95. The molecule has 7 aromatic carbocycles. The highest BCUT2D eigenvalue weighted by atomic mass is 16.5. The van der Waals surface area contributed by atoms with Gasteiger partial charge in [-0.2, -0.15) is 0 Å². The summed E-state index contributed by atoms with van der Waals surface area (Å²) in [6.07, 6.45) is 0. The Labute approximate surface area is 278 Å². The average molecular weight is 613 g/mol. The monoisotopic (exact) mass is 612 g/mol. The fraction of sp³-hybridized carbons (Fsp3) is 0.0222. The van der Waals surface area contributed by atoms with Crippen LogP contribution in [0.25, 0.3) is 55.8 Å². The first-order valence-electron chi connectivity index (χ1n) is 16.3. The average Bonchev–Trinajstić information content (AvgIpc) is 3.45. The number of hydrogen-bond donors (Lipinski definition) is 0. The Kier molecular flexibility index (Phi) is 5.79. The fourth-order valence-corrected chi connectivity index (χ4v) is 7.88. The Bertz CT molecular complexity index is 2510. The van der Waals surface area contributed by atoms with Crippen LogP contribution in [0.2, 0.25) is 0 Å². The van der Waals surface area contributed by atoms with Gasteiger partial charge in [0.1, 0.15) is 11.5 Å². The summed E-state index contributed by atoms with van der Waals surface area (Å²) in [6.45, 7) is 0. The molecule has 0 bridgehead atoms. The van der Waals surface area contributed by atoms with E-state index in [1.165, 1.54) is 33.0 Å². The zero-order valence-electron chi connectivity index (χ0n) is 26.0. The van der Waals surface area contributed by atoms with Crippen LogP contribution in [0, 0.1) is 0 Å². The molecule has 1 aliphatic carbocycles. The molecule has 0 radical (unpaired) electrons. The van der Waals surface area contributed by atoms with Crippen molar-refractivity contribution in [3.8, 4) is 56.5 Å². The number of benzene rings is 7. The summed E-state index contributed by atoms with van der Waals surface area (Å²) in [5, 5.41) is 2.37. The Morgan fingerprint density at radius 1 is 0.396 bits per heavy atom. The molecule has 2 heterocycles. The van der Waals surface area contributed by atoms with Gasteiger partial charge in [0, 0.05) is 22.3 Å². The third-order valence-electron chi connectivity index (χ3n) is 9.96. The van der Waals surface area contributed by atoms with E-state index in [9.17, 15) is 0 Å². The summed E-state index contributed by atoms with van der Waals surface area (Å²) < 4.78 is 6.95. The predicted octanol–water partition coefficient (Wildman–Crippen LogP) is 11.1. The van der Waals surface area contributed by atoms with Crippen molar-refractivity contribution in [1.82, 2.24) is 9.97 Å². The molecule has 2 aliphatic rings. The van der Waals surface area contributed by atoms with Crippen LogP contribution in [0.1, 0.15) is 22.3 Å². The summed E-state index contributed by atoms with van der Waals surface area (Å²) in [5.41, 5.74) is 11.4. The molecule has 1 spiro atoms. The minimum Gasteiger partial charge on any atom is -0.456 e. The second-order valence-electron chi connectivity index (χ2n) is 12.5. The topological polar surface area (TPSA) is 35.0 Å². The zero-order chi connectivity index (χ0) is 31.7. The van der Waals surface area contributed by atoms with E-state index in [4.69, 9.17) is 14.7 Å². The molecule has 48 heavy (non-hydrogen) atoms. The molecule has 0 amide bonds. The van der Waals surface area contributed by atoms with Crippen LogP contribution >= 0.6 is 0 Å². The highest BCUT2D eigenvalue weighted by molar-refractivity contribution is 5.91. The fourth-order valence-electron chi connectivity index (χ4n) is 7.88. The number of rotatable bonds is 3. The number of para-hydroxylation sites is 2. The van der Waals surface area contributed by atoms with E-state index in [0.29, 0.717) is 5.82 Å². The van der Waals surface area contributed by atoms with Crippen molar-refractivity contribution < 1.29 is 4.74 Å². The summed E-state index contributed by atoms with van der Waals surface area (Å²) in [5.74, 6) is 2.26. The molecule has 3 nitrogen and oxygen atoms in total. The lowest BCUT2D eigenvalue weighted by atomic mass is 9.66. The van der Waals surface area contributed by atoms with Crippen LogP contribution < -0.4 is 4.74 Å². The van der Waals surface area contributed by atoms with Gasteiger partial charge in [0.15, 0.2) is 5.82 Å². The summed E-state index contributed by atoms with van der Waals surface area (Å²) in [7, 11) is 0. The molecular formula is C45H28N2O. The Morgan fingerprint density at radius 2 is 0.979 bits per heavy atom. The summed E-state index contributed by atoms with van der Waals surface area (Å²) in [4.78, 5) is 10.5. The van der Waals surface area contributed by atoms with E-state index in [1.807, 2.05) is 6.07 Å². The van der Waals surface area contributed by atoms with E-state index < -0.39 is 5.41 Å². The van der Waals surface area contributed by atoms with Crippen LogP contribution in [0.3, 0.4) is 0 Å². The molecule has 224 valence electrons. The van der Waals surface area contributed by atoms with Crippen molar-refractivity contribution in [2.24, 2.45) is 0 Å². The van der Waals surface area contributed by atoms with E-state index in [1.54, 1.807) is 0 Å². The number of hydrogen-bond acceptors (Lipinski definition) is 3. The van der Waals surface area contributed by atoms with Crippen LogP contribution in [-0.2, 0) is 5.41 Å². The molecule has 10 rings (SSSR count). The van der Waals surface area contributed by atoms with E-state index in [0.717, 1.165) is 50.7 Å². The Balaban J connectivity index is 1.26. The lowest BCUT2D eigenvalue weighted by molar-refractivity contribution is 0.437. The molecule has 0 unspecified atom stereocenters. The normalized spacial score (nSPS) is 13.3. The van der Waals surface area contributed by atoms with E-state index in [-0.39, 0.29) is 0 Å². The van der Waals surface area contributed by atoms with Crippen molar-refractivity contribution in [3.05, 3.63) is 192 Å². The Hall–Kier alpha value is -6.32. The third kappa shape index (κ3) is 3.82. The first-order valence-corrected chi connectivity index (χ1v) is 16.3. The van der Waals surface area contributed by atoms with Crippen molar-refractivity contribution in [1.29, 1.82) is 0 Å². The van der Waals surface area contributed by atoms with Crippen LogP contribution in [0.5, 0.6) is 11.5 Å². The van der Waals surface area contributed by atoms with Gasteiger partial charge in [-0.15, -0.1) is 0 Å². The zero-order valence-corrected chi connectivity index (χ0v) is 26.0. The quantitative estimate of drug-likeness (QED) is 0.199. The molecular weight excluding hydrogens is 585 g/mol. The summed E-state index contributed by atoms with van der Waals surface area (Å²) >= 11 is 0. The Morgan fingerprint density at radius 3 is 1.75 bits per heavy atom. The van der Waals surface area contributed by atoms with Gasteiger partial charge in [0.2, 0.25) is 0 Å². The van der Waals surface area contributed by atoms with E-state index in [2.05, 4.69) is 164 Å². The van der Waals surface area contributed by atoms with Crippen LogP contribution in [0.15, 0.2) is 170 Å². The van der Waals surface area contributed by atoms with Gasteiger partial charge in [-0.25, -0.2) is 9.97 Å². The highest BCUT2D eigenvalue weighted by Crippen LogP contribution is 2.63. The number of aromatic nitrogens is 2. The molecule has 0 N–H and O–H groups in total. The first kappa shape index (κ1) is 26.9. The van der Waals surface area contributed by atoms with Gasteiger partial charge >= 0.3 is 0 Å². The standard InChI is InChI=1S/C45H28N2O/c1-2-14-30(15-3-1)40-28-41(32-26-25-29-13-4-5-16-31(29)27-32)47-44(46-40)35-19-12-23-39-43(35)48-42-24-11-10-22-38(42)45(39)36-20-8-6-17-33(36)34-18-7-9-21-37(34)45/h1-28H. The maximum Gasteiger partial charge on any atom is 0.164 e. The smallest absolute Gasteiger partial charge is 0.164 e. The molecule has 0 atom stereocenters. The van der Waals surface area contributed by atoms with Gasteiger partial charge < -0.3 is 4.74 Å². The SMILES string of the molecule is c1ccc(-c2cc(-c3ccc4ccccc4c3)nc(-c3cccc4c3Oc3ccccc3C43c4ccccc4-c4ccccc43)n2)cc1. The lowest BCUT2D eigenvalue weighted by Crippen LogP contribution is -2.32. The van der Waals surface area contributed by atoms with E-state index >= 15 is 0 Å². The second-order valence-corrected chi connectivity index (χ2v) is 12.5. The van der Waals surface area contributed by atoms with Crippen molar-refractivity contribution >= 4 is 10.8 Å². The molecule has 0 fully saturated rings. The predicted molar refractivity (Wildman–Crippen MR) is 193 cm³/mol. The molecule has 0 saturated heterocycles. The largest absolute Gasteiger partial charge is 0.456 e. The summed E-state index contributed by atoms with van der Waals surface area (Å²) in [6, 6.07) is 59.9.